The number of hydrogen-bond acceptors (Lipinski definition) is 5. The second-order valence-corrected chi connectivity index (χ2v) is 8.64. The summed E-state index contributed by atoms with van der Waals surface area (Å²) in [4.78, 5) is 32.6. The first-order chi connectivity index (χ1) is 16.6. The number of nitriles is 1. The molecule has 0 spiro atoms. The van der Waals surface area contributed by atoms with Gasteiger partial charge in [0.25, 0.3) is 5.91 Å². The summed E-state index contributed by atoms with van der Waals surface area (Å²) in [6, 6.07) is 27.7. The number of carbonyl (C=O) groups excluding carboxylic acids is 2. The maximum absolute atomic E-state index is 13.3. The molecule has 0 fully saturated rings. The molecule has 1 aliphatic rings. The van der Waals surface area contributed by atoms with E-state index in [9.17, 15) is 14.9 Å². The maximum Gasteiger partial charge on any atom is 0.283 e. The number of aliphatic imine (C=N–C) groups is 1. The minimum atomic E-state index is -0.513. The Morgan fingerprint density at radius 2 is 1.71 bits per heavy atom. The minimum absolute atomic E-state index is 0.248. The molecule has 0 saturated carbocycles. The number of benzene rings is 3. The van der Waals surface area contributed by atoms with E-state index in [4.69, 9.17) is 0 Å². The third-order valence-electron chi connectivity index (χ3n) is 5.16. The van der Waals surface area contributed by atoms with Crippen molar-refractivity contribution in [2.45, 2.75) is 18.6 Å². The van der Waals surface area contributed by atoms with Crippen molar-refractivity contribution in [2.75, 3.05) is 10.2 Å². The Bertz CT molecular complexity index is 1300. The first-order valence-electron chi connectivity index (χ1n) is 10.8. The molecule has 0 aliphatic carbocycles. The number of thioether (sulfide) groups is 1. The van der Waals surface area contributed by atoms with E-state index in [2.05, 4.69) is 16.4 Å². The van der Waals surface area contributed by atoms with Gasteiger partial charge in [-0.05, 0) is 42.3 Å². The van der Waals surface area contributed by atoms with Gasteiger partial charge < -0.3 is 5.32 Å². The molecular formula is C27H22N4O2S. The van der Waals surface area contributed by atoms with E-state index < -0.39 is 5.25 Å². The van der Waals surface area contributed by atoms with Crippen LogP contribution in [0.15, 0.2) is 95.6 Å². The average Bonchev–Trinajstić information content (AvgIpc) is 3.18. The predicted octanol–water partition coefficient (Wildman–Crippen LogP) is 5.45. The molecule has 0 aromatic heterocycles. The molecule has 4 rings (SSSR count). The van der Waals surface area contributed by atoms with E-state index >= 15 is 0 Å². The van der Waals surface area contributed by atoms with Gasteiger partial charge in [-0.1, -0.05) is 79.3 Å². The molecule has 3 aromatic carbocycles. The van der Waals surface area contributed by atoms with Gasteiger partial charge in [0, 0.05) is 0 Å². The van der Waals surface area contributed by atoms with Crippen LogP contribution in [0.3, 0.4) is 0 Å². The molecule has 34 heavy (non-hydrogen) atoms. The molecule has 1 heterocycles. The summed E-state index contributed by atoms with van der Waals surface area (Å²) >= 11 is 1.23. The van der Waals surface area contributed by atoms with Crippen LogP contribution in [0.2, 0.25) is 0 Å². The Hall–Kier alpha value is -4.15. The molecule has 168 valence electrons. The third-order valence-corrected chi connectivity index (χ3v) is 6.48. The topological polar surface area (TPSA) is 85.6 Å². The van der Waals surface area contributed by atoms with Crippen molar-refractivity contribution in [3.63, 3.8) is 0 Å². The Morgan fingerprint density at radius 1 is 1.06 bits per heavy atom. The van der Waals surface area contributed by atoms with Gasteiger partial charge >= 0.3 is 0 Å². The van der Waals surface area contributed by atoms with Gasteiger partial charge in [-0.15, -0.1) is 0 Å². The first kappa shape index (κ1) is 23.0. The highest BCUT2D eigenvalue weighted by atomic mass is 32.2. The summed E-state index contributed by atoms with van der Waals surface area (Å²) in [5.41, 5.74) is 2.71. The summed E-state index contributed by atoms with van der Waals surface area (Å²) in [6.45, 7) is 1.90. The van der Waals surface area contributed by atoms with E-state index in [1.54, 1.807) is 35.2 Å². The Labute approximate surface area is 202 Å². The number of nitrogens with one attached hydrogen (secondary N) is 1. The van der Waals surface area contributed by atoms with Crippen LogP contribution in [-0.2, 0) is 9.59 Å². The van der Waals surface area contributed by atoms with Crippen LogP contribution in [0.5, 0.6) is 0 Å². The van der Waals surface area contributed by atoms with Crippen molar-refractivity contribution in [3.05, 3.63) is 102 Å². The van der Waals surface area contributed by atoms with Crippen molar-refractivity contribution in [2.24, 2.45) is 4.99 Å². The van der Waals surface area contributed by atoms with Crippen LogP contribution in [0.1, 0.15) is 24.5 Å². The number of amidine groups is 1. The molecule has 0 unspecified atom stereocenters. The van der Waals surface area contributed by atoms with Gasteiger partial charge in [0.2, 0.25) is 5.91 Å². The highest BCUT2D eigenvalue weighted by molar-refractivity contribution is 8.15. The van der Waals surface area contributed by atoms with Crippen molar-refractivity contribution in [3.8, 4) is 6.07 Å². The average molecular weight is 467 g/mol. The van der Waals surface area contributed by atoms with Gasteiger partial charge in [0.15, 0.2) is 5.17 Å². The lowest BCUT2D eigenvalue weighted by atomic mass is 10.2. The van der Waals surface area contributed by atoms with E-state index in [0.717, 1.165) is 5.56 Å². The van der Waals surface area contributed by atoms with E-state index in [0.29, 0.717) is 34.2 Å². The van der Waals surface area contributed by atoms with Crippen LogP contribution >= 0.6 is 11.8 Å². The van der Waals surface area contributed by atoms with Gasteiger partial charge in [-0.3, -0.25) is 14.5 Å². The first-order valence-corrected chi connectivity index (χ1v) is 11.7. The fraction of sp³-hybridized carbons (Fsp3) is 0.111. The molecule has 6 nitrogen and oxygen atoms in total. The molecule has 1 atom stereocenters. The summed E-state index contributed by atoms with van der Waals surface area (Å²) in [6.07, 6.45) is 2.26. The zero-order valence-corrected chi connectivity index (χ0v) is 19.3. The maximum atomic E-state index is 13.3. The van der Waals surface area contributed by atoms with Gasteiger partial charge in [0.05, 0.1) is 22.2 Å². The largest absolute Gasteiger partial charge is 0.324 e. The SMILES string of the molecule is CC[C@@H](SC1=N/C(=C\c2ccccc2)C(=O)N1c1ccccc1)C(=O)Nc1ccccc1C#N. The second kappa shape index (κ2) is 10.6. The van der Waals surface area contributed by atoms with Gasteiger partial charge in [-0.2, -0.15) is 5.26 Å². The number of para-hydroxylation sites is 2. The van der Waals surface area contributed by atoms with Crippen molar-refractivity contribution in [1.82, 2.24) is 0 Å². The monoisotopic (exact) mass is 466 g/mol. The molecule has 0 saturated heterocycles. The quantitative estimate of drug-likeness (QED) is 0.489. The van der Waals surface area contributed by atoms with Crippen LogP contribution in [-0.4, -0.2) is 22.2 Å². The second-order valence-electron chi connectivity index (χ2n) is 7.47. The highest BCUT2D eigenvalue weighted by Crippen LogP contribution is 2.32. The molecule has 3 aromatic rings. The smallest absolute Gasteiger partial charge is 0.283 e. The number of carbonyl (C=O) groups is 2. The Balaban J connectivity index is 1.63. The fourth-order valence-electron chi connectivity index (χ4n) is 3.44. The molecule has 2 amide bonds. The highest BCUT2D eigenvalue weighted by Gasteiger charge is 2.34. The van der Waals surface area contributed by atoms with Crippen LogP contribution in [0, 0.1) is 11.3 Å². The Morgan fingerprint density at radius 3 is 2.38 bits per heavy atom. The number of amides is 2. The minimum Gasteiger partial charge on any atom is -0.324 e. The van der Waals surface area contributed by atoms with Crippen LogP contribution in [0.25, 0.3) is 6.08 Å². The fourth-order valence-corrected chi connectivity index (χ4v) is 4.47. The van der Waals surface area contributed by atoms with Gasteiger partial charge in [0.1, 0.15) is 11.8 Å². The molecule has 1 aliphatic heterocycles. The van der Waals surface area contributed by atoms with E-state index in [1.165, 1.54) is 11.8 Å². The number of anilines is 2. The lowest BCUT2D eigenvalue weighted by Crippen LogP contribution is -2.34. The van der Waals surface area contributed by atoms with E-state index in [-0.39, 0.29) is 11.8 Å². The van der Waals surface area contributed by atoms with Crippen molar-refractivity contribution >= 4 is 46.2 Å². The van der Waals surface area contributed by atoms with Crippen molar-refractivity contribution < 1.29 is 9.59 Å². The van der Waals surface area contributed by atoms with Crippen LogP contribution in [0.4, 0.5) is 11.4 Å². The summed E-state index contributed by atoms with van der Waals surface area (Å²) in [5, 5.41) is 12.1. The summed E-state index contributed by atoms with van der Waals surface area (Å²) in [7, 11) is 0. The standard InChI is InChI=1S/C27H22N4O2S/c1-2-24(25(32)29-22-16-10-9-13-20(22)18-28)34-27-30-23(17-19-11-5-3-6-12-19)26(33)31(27)21-14-7-4-8-15-21/h3-17,24H,2H2,1H3,(H,29,32)/b23-17-/t24-/m1/s1. The summed E-state index contributed by atoms with van der Waals surface area (Å²) < 4.78 is 0. The van der Waals surface area contributed by atoms with E-state index in [1.807, 2.05) is 67.6 Å². The number of rotatable bonds is 6. The zero-order valence-electron chi connectivity index (χ0n) is 18.5. The summed E-state index contributed by atoms with van der Waals surface area (Å²) in [5.74, 6) is -0.499. The van der Waals surface area contributed by atoms with Crippen LogP contribution < -0.4 is 10.2 Å². The molecule has 0 bridgehead atoms. The normalized spacial score (nSPS) is 15.1. The van der Waals surface area contributed by atoms with Crippen molar-refractivity contribution in [1.29, 1.82) is 5.26 Å². The lowest BCUT2D eigenvalue weighted by molar-refractivity contribution is -0.116. The molecule has 0 radical (unpaired) electrons. The third kappa shape index (κ3) is 5.08. The van der Waals surface area contributed by atoms with Gasteiger partial charge in [-0.25, -0.2) is 4.99 Å². The lowest BCUT2D eigenvalue weighted by Gasteiger charge is -2.21. The predicted molar refractivity (Wildman–Crippen MR) is 137 cm³/mol. The number of hydrogen-bond donors (Lipinski definition) is 1. The zero-order chi connectivity index (χ0) is 23.9. The molecular weight excluding hydrogens is 444 g/mol. The molecule has 1 N–H and O–H groups in total. The Kier molecular flexibility index (Phi) is 7.21. The molecule has 7 heteroatoms. The number of nitrogens with zero attached hydrogens (tertiary/aromatic N) is 3.